The van der Waals surface area contributed by atoms with E-state index in [-0.39, 0.29) is 0 Å². The maximum absolute atomic E-state index is 10.5. The Morgan fingerprint density at radius 2 is 0.844 bits per heavy atom. The molecule has 0 unspecified atom stereocenters. The SMILES string of the molecule is OC[C@H]1O[C@@](CO)(O[C@H]2O[C@H](CO[C@H]3O[C@H](CO[C@H]4O[C@H](CO)[C@@H](O)[C@H](O)[C@H]4O)[C@H](O)[C@H](O)[C@H]3O)[C@H](O)[C@H](O)[C@H]2O)[C@@H](O)[C@@H]1O. The summed E-state index contributed by atoms with van der Waals surface area (Å²) in [6.07, 6.45) is -31.4. The average molecular weight is 667 g/mol. The van der Waals surface area contributed by atoms with E-state index < -0.39 is 149 Å². The molecule has 21 nitrogen and oxygen atoms in total. The van der Waals surface area contributed by atoms with E-state index >= 15 is 0 Å². The first-order valence-corrected chi connectivity index (χ1v) is 14.1. The second-order valence-electron chi connectivity index (χ2n) is 11.3. The van der Waals surface area contributed by atoms with Gasteiger partial charge in [-0.15, -0.1) is 0 Å². The number of hydrogen-bond donors (Lipinski definition) is 14. The molecule has 0 aliphatic carbocycles. The maximum Gasteiger partial charge on any atom is 0.224 e. The highest BCUT2D eigenvalue weighted by atomic mass is 16.8. The molecule has 0 aromatic heterocycles. The Morgan fingerprint density at radius 3 is 1.27 bits per heavy atom. The van der Waals surface area contributed by atoms with Gasteiger partial charge in [0.05, 0.1) is 26.4 Å². The first-order valence-electron chi connectivity index (χ1n) is 14.1. The molecule has 4 saturated heterocycles. The van der Waals surface area contributed by atoms with Gasteiger partial charge < -0.3 is 105 Å². The fraction of sp³-hybridized carbons (Fsp3) is 1.00. The van der Waals surface area contributed by atoms with Crippen molar-refractivity contribution in [3.8, 4) is 0 Å². The first kappa shape index (κ1) is 37.0. The number of ether oxygens (including phenoxy) is 7. The second kappa shape index (κ2) is 15.1. The minimum atomic E-state index is -2.43. The predicted molar refractivity (Wildman–Crippen MR) is 134 cm³/mol. The minimum absolute atomic E-state index is 0.650. The van der Waals surface area contributed by atoms with Crippen molar-refractivity contribution < 1.29 is 105 Å². The Hall–Kier alpha value is -0.840. The van der Waals surface area contributed by atoms with Crippen LogP contribution in [0.4, 0.5) is 0 Å². The van der Waals surface area contributed by atoms with E-state index in [0.29, 0.717) is 0 Å². The van der Waals surface area contributed by atoms with Crippen LogP contribution < -0.4 is 0 Å². The van der Waals surface area contributed by atoms with Gasteiger partial charge in [-0.1, -0.05) is 0 Å². The molecule has 264 valence electrons. The van der Waals surface area contributed by atoms with E-state index in [1.165, 1.54) is 0 Å². The van der Waals surface area contributed by atoms with Crippen LogP contribution in [0, 0.1) is 0 Å². The molecule has 45 heavy (non-hydrogen) atoms. The zero-order chi connectivity index (χ0) is 33.4. The van der Waals surface area contributed by atoms with Gasteiger partial charge in [-0.05, 0) is 0 Å². The minimum Gasteiger partial charge on any atom is -0.394 e. The highest BCUT2D eigenvalue weighted by Crippen LogP contribution is 2.36. The Balaban J connectivity index is 1.39. The van der Waals surface area contributed by atoms with Crippen molar-refractivity contribution in [3.05, 3.63) is 0 Å². The van der Waals surface area contributed by atoms with Crippen LogP contribution in [0.2, 0.25) is 0 Å². The van der Waals surface area contributed by atoms with Crippen molar-refractivity contribution in [2.75, 3.05) is 33.0 Å². The van der Waals surface area contributed by atoms with Gasteiger partial charge in [0.25, 0.3) is 0 Å². The standard InChI is InChI=1S/C24H42O21/c25-1-6-10(28)14(32)17(35)21(41-6)39-3-8-11(29)15(33)18(36)22(42-8)40-4-9-12(30)16(34)19(37)23(43-9)45-24(5-27)20(38)13(31)7(2-26)44-24/h6-23,25-38H,1-5H2/t6-,7-,8-,9-,10-,11+,12+,13-,14+,15+,16+,17-,18-,19-,20+,21+,22+,23-,24+/m1/s1. The van der Waals surface area contributed by atoms with Gasteiger partial charge in [0, 0.05) is 0 Å². The molecule has 4 fully saturated rings. The first-order chi connectivity index (χ1) is 21.2. The molecule has 21 heteroatoms. The Morgan fingerprint density at radius 1 is 0.444 bits per heavy atom. The van der Waals surface area contributed by atoms with E-state index in [9.17, 15) is 71.5 Å². The Labute approximate surface area is 254 Å². The van der Waals surface area contributed by atoms with Crippen LogP contribution in [0.3, 0.4) is 0 Å². The van der Waals surface area contributed by atoms with Crippen molar-refractivity contribution in [1.29, 1.82) is 0 Å². The molecular weight excluding hydrogens is 624 g/mol. The second-order valence-corrected chi connectivity index (χ2v) is 11.3. The van der Waals surface area contributed by atoms with Gasteiger partial charge in [-0.2, -0.15) is 0 Å². The lowest BCUT2D eigenvalue weighted by Gasteiger charge is -2.45. The largest absolute Gasteiger partial charge is 0.394 e. The van der Waals surface area contributed by atoms with Gasteiger partial charge in [0.2, 0.25) is 5.79 Å². The Kier molecular flexibility index (Phi) is 12.5. The molecule has 4 rings (SSSR count). The molecule has 0 aromatic carbocycles. The zero-order valence-corrected chi connectivity index (χ0v) is 23.5. The van der Waals surface area contributed by atoms with Crippen LogP contribution >= 0.6 is 0 Å². The molecule has 4 heterocycles. The van der Waals surface area contributed by atoms with Crippen LogP contribution in [0.15, 0.2) is 0 Å². The predicted octanol–water partition coefficient (Wildman–Crippen LogP) is -9.75. The molecule has 0 amide bonds. The summed E-state index contributed by atoms with van der Waals surface area (Å²) >= 11 is 0. The third kappa shape index (κ3) is 7.29. The number of hydrogen-bond acceptors (Lipinski definition) is 21. The van der Waals surface area contributed by atoms with E-state index in [1.807, 2.05) is 0 Å². The van der Waals surface area contributed by atoms with Crippen molar-refractivity contribution in [1.82, 2.24) is 0 Å². The summed E-state index contributed by atoms with van der Waals surface area (Å²) in [5, 5.41) is 141. The van der Waals surface area contributed by atoms with E-state index in [2.05, 4.69) is 0 Å². The van der Waals surface area contributed by atoms with Crippen LogP contribution in [0.25, 0.3) is 0 Å². The molecule has 0 spiro atoms. The molecule has 0 bridgehead atoms. The smallest absolute Gasteiger partial charge is 0.224 e. The maximum atomic E-state index is 10.5. The number of aliphatic hydroxyl groups is 14. The molecular formula is C24H42O21. The van der Waals surface area contributed by atoms with Crippen molar-refractivity contribution in [2.45, 2.75) is 116 Å². The summed E-state index contributed by atoms with van der Waals surface area (Å²) in [7, 11) is 0. The number of rotatable bonds is 11. The Bertz CT molecular complexity index is 931. The van der Waals surface area contributed by atoms with Crippen molar-refractivity contribution >= 4 is 0 Å². The van der Waals surface area contributed by atoms with E-state index in [1.54, 1.807) is 0 Å². The summed E-state index contributed by atoms with van der Waals surface area (Å²) < 4.78 is 37.6. The molecule has 0 radical (unpaired) electrons. The van der Waals surface area contributed by atoms with Gasteiger partial charge >= 0.3 is 0 Å². The molecule has 4 aliphatic heterocycles. The van der Waals surface area contributed by atoms with Gasteiger partial charge in [-0.3, -0.25) is 0 Å². The van der Waals surface area contributed by atoms with E-state index in [4.69, 9.17) is 33.2 Å². The molecule has 4 aliphatic rings. The summed E-state index contributed by atoms with van der Waals surface area (Å²) in [4.78, 5) is 0. The van der Waals surface area contributed by atoms with Crippen LogP contribution in [-0.4, -0.2) is 221 Å². The van der Waals surface area contributed by atoms with Crippen LogP contribution in [0.1, 0.15) is 0 Å². The molecule has 14 N–H and O–H groups in total. The third-order valence-electron chi connectivity index (χ3n) is 8.26. The zero-order valence-electron chi connectivity index (χ0n) is 23.5. The summed E-state index contributed by atoms with van der Waals surface area (Å²) in [6, 6.07) is 0. The lowest BCUT2D eigenvalue weighted by atomic mass is 9.98. The highest BCUT2D eigenvalue weighted by molar-refractivity contribution is 4.99. The fourth-order valence-electron chi connectivity index (χ4n) is 5.39. The monoisotopic (exact) mass is 666 g/mol. The topological polar surface area (TPSA) is 348 Å². The van der Waals surface area contributed by atoms with Gasteiger partial charge in [-0.25, -0.2) is 0 Å². The summed E-state index contributed by atoms with van der Waals surface area (Å²) in [5.41, 5.74) is 0. The third-order valence-corrected chi connectivity index (χ3v) is 8.26. The van der Waals surface area contributed by atoms with Gasteiger partial charge in [0.15, 0.2) is 18.9 Å². The molecule has 0 saturated carbocycles. The van der Waals surface area contributed by atoms with Crippen molar-refractivity contribution in [3.63, 3.8) is 0 Å². The lowest BCUT2D eigenvalue weighted by Crippen LogP contribution is -2.64. The van der Waals surface area contributed by atoms with Crippen LogP contribution in [0.5, 0.6) is 0 Å². The summed E-state index contributed by atoms with van der Waals surface area (Å²) in [6.45, 7) is -4.02. The van der Waals surface area contributed by atoms with E-state index in [0.717, 1.165) is 0 Å². The van der Waals surface area contributed by atoms with Gasteiger partial charge in [0.1, 0.15) is 98.2 Å². The molecule has 0 aromatic rings. The fourth-order valence-corrected chi connectivity index (χ4v) is 5.39. The highest BCUT2D eigenvalue weighted by Gasteiger charge is 2.58. The summed E-state index contributed by atoms with van der Waals surface area (Å²) in [5.74, 6) is -2.43. The lowest BCUT2D eigenvalue weighted by molar-refractivity contribution is -0.388. The molecule has 19 atom stereocenters. The average Bonchev–Trinajstić information content (AvgIpc) is 3.28. The normalized spacial score (nSPS) is 52.7. The van der Waals surface area contributed by atoms with Crippen LogP contribution in [-0.2, 0) is 33.2 Å². The quantitative estimate of drug-likeness (QED) is 0.0973. The van der Waals surface area contributed by atoms with Crippen molar-refractivity contribution in [2.24, 2.45) is 0 Å². The number of aliphatic hydroxyl groups excluding tert-OH is 14.